The van der Waals surface area contributed by atoms with Crippen LogP contribution >= 0.6 is 11.3 Å². The Morgan fingerprint density at radius 2 is 2.26 bits per heavy atom. The van der Waals surface area contributed by atoms with Crippen molar-refractivity contribution in [2.24, 2.45) is 5.73 Å². The fourth-order valence-corrected chi connectivity index (χ4v) is 3.43. The van der Waals surface area contributed by atoms with Crippen LogP contribution in [0.4, 0.5) is 0 Å². The Hall–Kier alpha value is -1.65. The SMILES string of the molecule is N=C(N)c1cccc(CN2CCc3sccc3C2)c1. The van der Waals surface area contributed by atoms with Crippen molar-refractivity contribution in [3.63, 3.8) is 0 Å². The molecule has 19 heavy (non-hydrogen) atoms. The van der Waals surface area contributed by atoms with Gasteiger partial charge in [-0.25, -0.2) is 0 Å². The van der Waals surface area contributed by atoms with Gasteiger partial charge in [-0.2, -0.15) is 0 Å². The number of nitrogens with two attached hydrogens (primary N) is 1. The molecule has 3 N–H and O–H groups in total. The van der Waals surface area contributed by atoms with E-state index in [1.165, 1.54) is 16.0 Å². The molecule has 0 atom stereocenters. The number of nitrogens with one attached hydrogen (secondary N) is 1. The molecule has 0 amide bonds. The molecule has 0 radical (unpaired) electrons. The highest BCUT2D eigenvalue weighted by Crippen LogP contribution is 2.25. The second-order valence-corrected chi connectivity index (χ2v) is 5.94. The summed E-state index contributed by atoms with van der Waals surface area (Å²) in [5.74, 6) is 0.139. The summed E-state index contributed by atoms with van der Waals surface area (Å²) in [7, 11) is 0. The topological polar surface area (TPSA) is 53.1 Å². The van der Waals surface area contributed by atoms with Gasteiger partial charge in [0.15, 0.2) is 0 Å². The largest absolute Gasteiger partial charge is 0.384 e. The highest BCUT2D eigenvalue weighted by molar-refractivity contribution is 7.10. The van der Waals surface area contributed by atoms with E-state index in [1.807, 2.05) is 29.5 Å². The highest BCUT2D eigenvalue weighted by Gasteiger charge is 2.17. The van der Waals surface area contributed by atoms with Crippen molar-refractivity contribution in [2.75, 3.05) is 6.54 Å². The van der Waals surface area contributed by atoms with E-state index in [0.717, 1.165) is 31.6 Å². The molecular weight excluding hydrogens is 254 g/mol. The number of rotatable bonds is 3. The van der Waals surface area contributed by atoms with E-state index in [0.29, 0.717) is 0 Å². The molecule has 1 aliphatic rings. The first-order valence-electron chi connectivity index (χ1n) is 6.43. The molecule has 0 fully saturated rings. The van der Waals surface area contributed by atoms with Crippen LogP contribution in [0.2, 0.25) is 0 Å². The van der Waals surface area contributed by atoms with Gasteiger partial charge in [0.2, 0.25) is 0 Å². The molecule has 2 heterocycles. The summed E-state index contributed by atoms with van der Waals surface area (Å²) in [5.41, 5.74) is 9.05. The number of nitrogens with zero attached hydrogens (tertiary/aromatic N) is 1. The van der Waals surface area contributed by atoms with Crippen LogP contribution in [0.1, 0.15) is 21.6 Å². The lowest BCUT2D eigenvalue weighted by atomic mass is 10.1. The normalized spacial score (nSPS) is 15.2. The Bertz CT molecular complexity index is 603. The smallest absolute Gasteiger partial charge is 0.122 e. The number of fused-ring (bicyclic) bond motifs is 1. The minimum atomic E-state index is 0.139. The first kappa shape index (κ1) is 12.4. The van der Waals surface area contributed by atoms with Crippen molar-refractivity contribution >= 4 is 17.2 Å². The van der Waals surface area contributed by atoms with Crippen LogP contribution < -0.4 is 5.73 Å². The third-order valence-electron chi connectivity index (χ3n) is 3.53. The van der Waals surface area contributed by atoms with E-state index in [4.69, 9.17) is 11.1 Å². The maximum absolute atomic E-state index is 7.49. The van der Waals surface area contributed by atoms with Crippen molar-refractivity contribution in [3.8, 4) is 0 Å². The lowest BCUT2D eigenvalue weighted by Gasteiger charge is -2.26. The number of hydrogen-bond acceptors (Lipinski definition) is 3. The summed E-state index contributed by atoms with van der Waals surface area (Å²) in [6.45, 7) is 3.07. The highest BCUT2D eigenvalue weighted by atomic mass is 32.1. The number of hydrogen-bond donors (Lipinski definition) is 2. The average Bonchev–Trinajstić information content (AvgIpc) is 2.86. The number of thiophene rings is 1. The van der Waals surface area contributed by atoms with Crippen LogP contribution in [0, 0.1) is 5.41 Å². The van der Waals surface area contributed by atoms with E-state index >= 15 is 0 Å². The Balaban J connectivity index is 1.72. The summed E-state index contributed by atoms with van der Waals surface area (Å²) < 4.78 is 0. The van der Waals surface area contributed by atoms with Gasteiger partial charge in [0.05, 0.1) is 0 Å². The van der Waals surface area contributed by atoms with E-state index in [9.17, 15) is 0 Å². The van der Waals surface area contributed by atoms with Crippen molar-refractivity contribution in [1.82, 2.24) is 4.90 Å². The van der Waals surface area contributed by atoms with Gasteiger partial charge in [0.25, 0.3) is 0 Å². The van der Waals surface area contributed by atoms with Crippen LogP contribution in [-0.4, -0.2) is 17.3 Å². The molecule has 0 saturated heterocycles. The van der Waals surface area contributed by atoms with Gasteiger partial charge in [-0.1, -0.05) is 18.2 Å². The molecule has 1 aliphatic heterocycles. The molecule has 0 spiro atoms. The van der Waals surface area contributed by atoms with Crippen LogP contribution in [0.25, 0.3) is 0 Å². The predicted molar refractivity (Wildman–Crippen MR) is 79.6 cm³/mol. The quantitative estimate of drug-likeness (QED) is 0.666. The van der Waals surface area contributed by atoms with Crippen molar-refractivity contribution in [1.29, 1.82) is 5.41 Å². The van der Waals surface area contributed by atoms with Gasteiger partial charge in [0.1, 0.15) is 5.84 Å². The van der Waals surface area contributed by atoms with Crippen molar-refractivity contribution in [3.05, 3.63) is 57.3 Å². The van der Waals surface area contributed by atoms with E-state index in [1.54, 1.807) is 0 Å². The van der Waals surface area contributed by atoms with Gasteiger partial charge < -0.3 is 5.73 Å². The Morgan fingerprint density at radius 3 is 3.11 bits per heavy atom. The third kappa shape index (κ3) is 2.69. The molecule has 0 unspecified atom stereocenters. The second kappa shape index (κ2) is 5.15. The predicted octanol–water partition coefficient (Wildman–Crippen LogP) is 2.59. The zero-order valence-corrected chi connectivity index (χ0v) is 11.5. The van der Waals surface area contributed by atoms with Gasteiger partial charge in [-0.15, -0.1) is 11.3 Å². The van der Waals surface area contributed by atoms with Gasteiger partial charge >= 0.3 is 0 Å². The molecule has 98 valence electrons. The van der Waals surface area contributed by atoms with Crippen molar-refractivity contribution in [2.45, 2.75) is 19.5 Å². The Kier molecular flexibility index (Phi) is 3.36. The van der Waals surface area contributed by atoms with Crippen LogP contribution in [0.15, 0.2) is 35.7 Å². The maximum atomic E-state index is 7.49. The lowest BCUT2D eigenvalue weighted by Crippen LogP contribution is -2.29. The number of benzene rings is 1. The molecule has 2 aromatic rings. The van der Waals surface area contributed by atoms with Crippen molar-refractivity contribution < 1.29 is 0 Å². The first-order valence-corrected chi connectivity index (χ1v) is 7.31. The standard InChI is InChI=1S/C15H17N3S/c16-15(17)12-3-1-2-11(8-12)9-18-6-4-14-13(10-18)5-7-19-14/h1-3,5,7-8H,4,6,9-10H2,(H3,16,17). The van der Waals surface area contributed by atoms with Gasteiger partial charge in [-0.05, 0) is 35.1 Å². The molecule has 4 heteroatoms. The third-order valence-corrected chi connectivity index (χ3v) is 4.55. The van der Waals surface area contributed by atoms with E-state index in [-0.39, 0.29) is 5.84 Å². The fraction of sp³-hybridized carbons (Fsp3) is 0.267. The molecule has 3 nitrogen and oxygen atoms in total. The van der Waals surface area contributed by atoms with Crippen LogP contribution in [0.3, 0.4) is 0 Å². The van der Waals surface area contributed by atoms with Gasteiger partial charge in [0, 0.05) is 30.1 Å². The summed E-state index contributed by atoms with van der Waals surface area (Å²) in [5, 5.41) is 9.68. The number of nitrogen functional groups attached to an aromatic ring is 1. The average molecular weight is 271 g/mol. The Labute approximate surface area is 117 Å². The van der Waals surface area contributed by atoms with E-state index in [2.05, 4.69) is 22.4 Å². The molecule has 3 rings (SSSR count). The van der Waals surface area contributed by atoms with Crippen LogP contribution in [0.5, 0.6) is 0 Å². The zero-order valence-electron chi connectivity index (χ0n) is 10.7. The monoisotopic (exact) mass is 271 g/mol. The molecule has 1 aromatic heterocycles. The molecule has 1 aromatic carbocycles. The minimum Gasteiger partial charge on any atom is -0.384 e. The van der Waals surface area contributed by atoms with Gasteiger partial charge in [-0.3, -0.25) is 10.3 Å². The molecule has 0 aliphatic carbocycles. The first-order chi connectivity index (χ1) is 9.22. The molecule has 0 bridgehead atoms. The Morgan fingerprint density at radius 1 is 1.37 bits per heavy atom. The summed E-state index contributed by atoms with van der Waals surface area (Å²) in [6.07, 6.45) is 1.15. The summed E-state index contributed by atoms with van der Waals surface area (Å²) in [4.78, 5) is 3.99. The molecule has 0 saturated carbocycles. The summed E-state index contributed by atoms with van der Waals surface area (Å²) >= 11 is 1.87. The molecular formula is C15H17N3S. The van der Waals surface area contributed by atoms with E-state index < -0.39 is 0 Å². The number of amidine groups is 1. The fourth-order valence-electron chi connectivity index (χ4n) is 2.54. The zero-order chi connectivity index (χ0) is 13.2. The summed E-state index contributed by atoms with van der Waals surface area (Å²) in [6, 6.07) is 10.2. The maximum Gasteiger partial charge on any atom is 0.122 e. The second-order valence-electron chi connectivity index (χ2n) is 4.94. The minimum absolute atomic E-state index is 0.139. The van der Waals surface area contributed by atoms with Crippen LogP contribution in [-0.2, 0) is 19.5 Å². The lowest BCUT2D eigenvalue weighted by molar-refractivity contribution is 0.247.